The van der Waals surface area contributed by atoms with Crippen LogP contribution in [0.1, 0.15) is 47.5 Å². The number of carbonyl (C=O) groups is 2. The third-order valence-electron chi connectivity index (χ3n) is 3.99. The molecule has 3 N–H and O–H groups in total. The van der Waals surface area contributed by atoms with Crippen molar-refractivity contribution in [2.45, 2.75) is 65.1 Å². The molecule has 1 heterocycles. The predicted molar refractivity (Wildman–Crippen MR) is 81.8 cm³/mol. The first-order valence-electron chi connectivity index (χ1n) is 7.61. The Bertz CT molecular complexity index is 379. The summed E-state index contributed by atoms with van der Waals surface area (Å²) in [6, 6.07) is 0.396. The highest BCUT2D eigenvalue weighted by Crippen LogP contribution is 2.27. The number of piperidine rings is 1. The van der Waals surface area contributed by atoms with Crippen molar-refractivity contribution in [2.75, 3.05) is 13.1 Å². The molecule has 21 heavy (non-hydrogen) atoms. The summed E-state index contributed by atoms with van der Waals surface area (Å²) in [7, 11) is 0. The zero-order valence-electron chi connectivity index (χ0n) is 13.8. The molecular formula is C15H29N3O3. The summed E-state index contributed by atoms with van der Waals surface area (Å²) < 4.78 is 5.23. The van der Waals surface area contributed by atoms with E-state index in [1.807, 2.05) is 20.8 Å². The van der Waals surface area contributed by atoms with E-state index in [0.29, 0.717) is 12.5 Å². The monoisotopic (exact) mass is 299 g/mol. The van der Waals surface area contributed by atoms with Gasteiger partial charge in [0.1, 0.15) is 5.60 Å². The topological polar surface area (TPSA) is 84.7 Å². The van der Waals surface area contributed by atoms with Crippen molar-refractivity contribution in [1.29, 1.82) is 0 Å². The molecule has 0 aromatic rings. The Morgan fingerprint density at radius 1 is 1.29 bits per heavy atom. The number of amides is 2. The van der Waals surface area contributed by atoms with Crippen LogP contribution in [0.25, 0.3) is 0 Å². The Morgan fingerprint density at radius 2 is 1.90 bits per heavy atom. The van der Waals surface area contributed by atoms with E-state index < -0.39 is 11.7 Å². The number of rotatable bonds is 4. The average Bonchev–Trinajstić information content (AvgIpc) is 2.31. The fraction of sp³-hybridized carbons (Fsp3) is 0.867. The lowest BCUT2D eigenvalue weighted by molar-refractivity contribution is -0.121. The second-order valence-electron chi connectivity index (χ2n) is 6.97. The van der Waals surface area contributed by atoms with Gasteiger partial charge >= 0.3 is 6.09 Å². The number of ether oxygens (including phenoxy) is 1. The molecule has 6 nitrogen and oxygen atoms in total. The Labute approximate surface area is 127 Å². The maximum absolute atomic E-state index is 11.7. The van der Waals surface area contributed by atoms with E-state index >= 15 is 0 Å². The van der Waals surface area contributed by atoms with Crippen LogP contribution in [0.3, 0.4) is 0 Å². The average molecular weight is 299 g/mol. The zero-order chi connectivity index (χ0) is 16.2. The standard InChI is InChI=1S/C15H29N3O3/c1-10-6-7-12(18(11(10)2)9-13(16)19)8-17-14(20)21-15(3,4)5/h10-12H,6-9H2,1-5H3,(H2,16,19)(H,17,20). The summed E-state index contributed by atoms with van der Waals surface area (Å²) in [6.45, 7) is 10.5. The molecule has 0 radical (unpaired) electrons. The van der Waals surface area contributed by atoms with Gasteiger partial charge in [-0.2, -0.15) is 0 Å². The van der Waals surface area contributed by atoms with Crippen molar-refractivity contribution in [2.24, 2.45) is 11.7 Å². The van der Waals surface area contributed by atoms with Gasteiger partial charge in [0.05, 0.1) is 6.54 Å². The van der Waals surface area contributed by atoms with Gasteiger partial charge in [-0.15, -0.1) is 0 Å². The predicted octanol–water partition coefficient (Wildman–Crippen LogP) is 1.49. The van der Waals surface area contributed by atoms with Crippen molar-refractivity contribution in [3.63, 3.8) is 0 Å². The van der Waals surface area contributed by atoms with E-state index in [1.165, 1.54) is 0 Å². The summed E-state index contributed by atoms with van der Waals surface area (Å²) in [6.07, 6.45) is 1.60. The molecule has 3 atom stereocenters. The van der Waals surface area contributed by atoms with Crippen LogP contribution < -0.4 is 11.1 Å². The third-order valence-corrected chi connectivity index (χ3v) is 3.99. The molecule has 0 spiro atoms. The molecule has 2 amide bonds. The highest BCUT2D eigenvalue weighted by Gasteiger charge is 2.33. The van der Waals surface area contributed by atoms with Crippen molar-refractivity contribution < 1.29 is 14.3 Å². The fourth-order valence-corrected chi connectivity index (χ4v) is 2.71. The Hall–Kier alpha value is -1.30. The Kier molecular flexibility index (Phi) is 6.01. The normalized spacial score (nSPS) is 27.2. The summed E-state index contributed by atoms with van der Waals surface area (Å²) in [5, 5.41) is 2.79. The van der Waals surface area contributed by atoms with Gasteiger partial charge in [-0.25, -0.2) is 4.79 Å². The molecular weight excluding hydrogens is 270 g/mol. The van der Waals surface area contributed by atoms with E-state index in [1.54, 1.807) is 0 Å². The molecule has 1 aliphatic heterocycles. The van der Waals surface area contributed by atoms with Gasteiger partial charge in [0.2, 0.25) is 5.91 Å². The summed E-state index contributed by atoms with van der Waals surface area (Å²) in [4.78, 5) is 25.1. The minimum atomic E-state index is -0.509. The lowest BCUT2D eigenvalue weighted by atomic mass is 9.87. The first kappa shape index (κ1) is 17.8. The fourth-order valence-electron chi connectivity index (χ4n) is 2.71. The van der Waals surface area contributed by atoms with Crippen LogP contribution >= 0.6 is 0 Å². The molecule has 3 unspecified atom stereocenters. The largest absolute Gasteiger partial charge is 0.444 e. The molecule has 0 aromatic carbocycles. The second kappa shape index (κ2) is 7.11. The van der Waals surface area contributed by atoms with Gasteiger partial charge in [-0.3, -0.25) is 9.69 Å². The summed E-state index contributed by atoms with van der Waals surface area (Å²) in [5.41, 5.74) is 4.83. The number of alkyl carbamates (subject to hydrolysis) is 1. The first-order chi connectivity index (χ1) is 9.60. The molecule has 1 saturated heterocycles. The number of carbonyl (C=O) groups excluding carboxylic acids is 2. The van der Waals surface area contributed by atoms with Crippen molar-refractivity contribution in [1.82, 2.24) is 10.2 Å². The molecule has 1 fully saturated rings. The van der Waals surface area contributed by atoms with E-state index in [0.717, 1.165) is 12.8 Å². The molecule has 1 aliphatic rings. The number of nitrogens with one attached hydrogen (secondary N) is 1. The van der Waals surface area contributed by atoms with Crippen LogP contribution in [0.15, 0.2) is 0 Å². The SMILES string of the molecule is CC1CCC(CNC(=O)OC(C)(C)C)N(CC(N)=O)C1C. The van der Waals surface area contributed by atoms with Crippen LogP contribution in [0.2, 0.25) is 0 Å². The Morgan fingerprint density at radius 3 is 2.43 bits per heavy atom. The van der Waals surface area contributed by atoms with Crippen molar-refractivity contribution >= 4 is 12.0 Å². The van der Waals surface area contributed by atoms with Crippen LogP contribution in [-0.2, 0) is 9.53 Å². The molecule has 6 heteroatoms. The van der Waals surface area contributed by atoms with Gasteiger partial charge in [0.25, 0.3) is 0 Å². The smallest absolute Gasteiger partial charge is 0.407 e. The number of hydrogen-bond acceptors (Lipinski definition) is 4. The van der Waals surface area contributed by atoms with Gasteiger partial charge in [0.15, 0.2) is 0 Å². The maximum atomic E-state index is 11.7. The molecule has 0 bridgehead atoms. The molecule has 1 rings (SSSR count). The van der Waals surface area contributed by atoms with Gasteiger partial charge in [-0.05, 0) is 46.5 Å². The lowest BCUT2D eigenvalue weighted by Gasteiger charge is -2.43. The van der Waals surface area contributed by atoms with Crippen LogP contribution in [0.4, 0.5) is 4.79 Å². The number of likely N-dealkylation sites (tertiary alicyclic amines) is 1. The molecule has 122 valence electrons. The minimum Gasteiger partial charge on any atom is -0.444 e. The van der Waals surface area contributed by atoms with Crippen LogP contribution in [0.5, 0.6) is 0 Å². The summed E-state index contributed by atoms with van der Waals surface area (Å²) >= 11 is 0. The number of primary amides is 1. The maximum Gasteiger partial charge on any atom is 0.407 e. The van der Waals surface area contributed by atoms with E-state index in [4.69, 9.17) is 10.5 Å². The minimum absolute atomic E-state index is 0.121. The number of nitrogens with two attached hydrogens (primary N) is 1. The highest BCUT2D eigenvalue weighted by atomic mass is 16.6. The highest BCUT2D eigenvalue weighted by molar-refractivity contribution is 5.76. The quantitative estimate of drug-likeness (QED) is 0.823. The number of hydrogen-bond donors (Lipinski definition) is 2. The second-order valence-corrected chi connectivity index (χ2v) is 6.97. The van der Waals surface area contributed by atoms with Crippen molar-refractivity contribution in [3.05, 3.63) is 0 Å². The lowest BCUT2D eigenvalue weighted by Crippen LogP contribution is -2.55. The zero-order valence-corrected chi connectivity index (χ0v) is 13.8. The van der Waals surface area contributed by atoms with Gasteiger partial charge < -0.3 is 15.8 Å². The van der Waals surface area contributed by atoms with Crippen LogP contribution in [0, 0.1) is 5.92 Å². The molecule has 0 aromatic heterocycles. The van der Waals surface area contributed by atoms with Crippen molar-refractivity contribution in [3.8, 4) is 0 Å². The first-order valence-corrected chi connectivity index (χ1v) is 7.61. The molecule has 0 saturated carbocycles. The van der Waals surface area contributed by atoms with Crippen LogP contribution in [-0.4, -0.2) is 47.7 Å². The molecule has 0 aliphatic carbocycles. The van der Waals surface area contributed by atoms with E-state index in [2.05, 4.69) is 24.1 Å². The van der Waals surface area contributed by atoms with E-state index in [9.17, 15) is 9.59 Å². The van der Waals surface area contributed by atoms with E-state index in [-0.39, 0.29) is 24.5 Å². The van der Waals surface area contributed by atoms with Gasteiger partial charge in [-0.1, -0.05) is 6.92 Å². The Balaban J connectivity index is 2.58. The third kappa shape index (κ3) is 5.91. The number of nitrogens with zero attached hydrogens (tertiary/aromatic N) is 1. The summed E-state index contributed by atoms with van der Waals surface area (Å²) in [5.74, 6) is 0.181. The van der Waals surface area contributed by atoms with Gasteiger partial charge in [0, 0.05) is 18.6 Å².